The molecule has 0 atom stereocenters. The highest BCUT2D eigenvalue weighted by Crippen LogP contribution is 2.18. The van der Waals surface area contributed by atoms with Gasteiger partial charge in [-0.15, -0.1) is 4.52 Å². The van der Waals surface area contributed by atoms with Crippen LogP contribution in [-0.2, 0) is 0 Å². The predicted octanol–water partition coefficient (Wildman–Crippen LogP) is 2.55. The largest absolute Gasteiger partial charge is 0.870 e. The van der Waals surface area contributed by atoms with E-state index in [1.54, 1.807) is 10.6 Å². The Morgan fingerprint density at radius 2 is 1.92 bits per heavy atom. The van der Waals surface area contributed by atoms with E-state index < -0.39 is 0 Å². The van der Waals surface area contributed by atoms with E-state index >= 15 is 0 Å². The van der Waals surface area contributed by atoms with Crippen LogP contribution in [-0.4, -0.2) is 20.4 Å². The van der Waals surface area contributed by atoms with Crippen LogP contribution in [0.4, 0.5) is 0 Å². The fourth-order valence-electron chi connectivity index (χ4n) is 2.77. The van der Waals surface area contributed by atoms with Crippen molar-refractivity contribution in [2.45, 2.75) is 13.8 Å². The van der Waals surface area contributed by atoms with E-state index in [0.29, 0.717) is 21.9 Å². The van der Waals surface area contributed by atoms with E-state index in [0.717, 1.165) is 16.6 Å². The van der Waals surface area contributed by atoms with E-state index in [9.17, 15) is 4.79 Å². The second-order valence-electron chi connectivity index (χ2n) is 5.54. The highest BCUT2D eigenvalue weighted by Gasteiger charge is 2.22. The molecule has 24 heavy (non-hydrogen) atoms. The molecule has 2 aromatic carbocycles. The number of aromatic amines is 1. The minimum atomic E-state index is -0.152. The Morgan fingerprint density at radius 3 is 2.67 bits per heavy atom. The zero-order valence-corrected chi connectivity index (χ0v) is 13.9. The number of fused-ring (bicyclic) bond motifs is 3. The van der Waals surface area contributed by atoms with Crippen molar-refractivity contribution in [3.05, 3.63) is 69.1 Å². The fourth-order valence-corrected chi connectivity index (χ4v) is 2.94. The van der Waals surface area contributed by atoms with Crippen LogP contribution in [0, 0.1) is 13.8 Å². The zero-order valence-electron chi connectivity index (χ0n) is 13.1. The third kappa shape index (κ3) is 2.28. The van der Waals surface area contributed by atoms with E-state index in [1.807, 2.05) is 50.2 Å². The molecule has 0 fully saturated rings. The van der Waals surface area contributed by atoms with Crippen molar-refractivity contribution >= 4 is 28.2 Å². The van der Waals surface area contributed by atoms with E-state index in [4.69, 9.17) is 11.6 Å². The van der Waals surface area contributed by atoms with Crippen LogP contribution in [0.2, 0.25) is 5.02 Å². The minimum Gasteiger partial charge on any atom is -0.870 e. The van der Waals surface area contributed by atoms with Gasteiger partial charge in [0.1, 0.15) is 5.52 Å². The van der Waals surface area contributed by atoms with Crippen molar-refractivity contribution in [3.8, 4) is 5.69 Å². The number of nitrogens with zero attached hydrogens (tertiary/aromatic N) is 3. The highest BCUT2D eigenvalue weighted by molar-refractivity contribution is 6.31. The Kier molecular flexibility index (Phi) is 3.87. The van der Waals surface area contributed by atoms with Gasteiger partial charge in [0.25, 0.3) is 5.52 Å². The molecule has 0 bridgehead atoms. The van der Waals surface area contributed by atoms with Gasteiger partial charge in [-0.2, -0.15) is 0 Å². The van der Waals surface area contributed by atoms with E-state index in [1.165, 1.54) is 4.68 Å². The van der Waals surface area contributed by atoms with Crippen molar-refractivity contribution in [3.63, 3.8) is 0 Å². The molecule has 122 valence electrons. The van der Waals surface area contributed by atoms with Crippen molar-refractivity contribution < 1.29 is 9.99 Å². The molecule has 2 N–H and O–H groups in total. The molecule has 0 saturated heterocycles. The topological polar surface area (TPSA) is 84.8 Å². The van der Waals surface area contributed by atoms with Crippen molar-refractivity contribution in [2.75, 3.05) is 0 Å². The number of aromatic nitrogens is 4. The maximum Gasteiger partial charge on any atom is 0.408 e. The Morgan fingerprint density at radius 1 is 1.17 bits per heavy atom. The Labute approximate surface area is 142 Å². The molecule has 0 amide bonds. The first-order chi connectivity index (χ1) is 11.1. The number of H-pyrrole nitrogens is 1. The Balaban J connectivity index is 0.00000169. The first-order valence-corrected chi connectivity index (χ1v) is 7.63. The molecule has 0 saturated carbocycles. The monoisotopic (exact) mass is 342 g/mol. The van der Waals surface area contributed by atoms with Crippen LogP contribution < -0.4 is 10.1 Å². The molecule has 0 aliphatic rings. The average Bonchev–Trinajstić information content (AvgIpc) is 2.89. The van der Waals surface area contributed by atoms with Crippen LogP contribution in [0.3, 0.4) is 0 Å². The van der Waals surface area contributed by atoms with Gasteiger partial charge in [-0.05, 0) is 37.6 Å². The van der Waals surface area contributed by atoms with Crippen LogP contribution in [0.25, 0.3) is 22.2 Å². The Bertz CT molecular complexity index is 1130. The lowest BCUT2D eigenvalue weighted by molar-refractivity contribution is -0.556. The maximum atomic E-state index is 12.8. The van der Waals surface area contributed by atoms with Gasteiger partial charge in [-0.3, -0.25) is 0 Å². The standard InChI is InChI=1S/C17H13ClN4O.H2O/c1-10-7-8-12(9-13(10)18)21-17(23)16-11(2)19-14-5-3-4-6-15(14)22(16)20-21;/h3-9H,1-2H3;1H2. The van der Waals surface area contributed by atoms with E-state index in [2.05, 4.69) is 10.2 Å². The van der Waals surface area contributed by atoms with Crippen LogP contribution in [0.5, 0.6) is 0 Å². The lowest BCUT2D eigenvalue weighted by Crippen LogP contribution is -2.27. The summed E-state index contributed by atoms with van der Waals surface area (Å²) in [5.74, 6) is 0. The summed E-state index contributed by atoms with van der Waals surface area (Å²) in [6, 6.07) is 13.2. The summed E-state index contributed by atoms with van der Waals surface area (Å²) in [6.45, 7) is 3.76. The highest BCUT2D eigenvalue weighted by atomic mass is 35.5. The van der Waals surface area contributed by atoms with Gasteiger partial charge >= 0.3 is 5.56 Å². The lowest BCUT2D eigenvalue weighted by atomic mass is 10.2. The zero-order chi connectivity index (χ0) is 16.1. The summed E-state index contributed by atoms with van der Waals surface area (Å²) in [5, 5.41) is 3.76. The molecule has 0 unspecified atom stereocenters. The van der Waals surface area contributed by atoms with Crippen molar-refractivity contribution in [2.24, 2.45) is 0 Å². The fraction of sp³-hybridized carbons (Fsp3) is 0.118. The number of halogens is 1. The summed E-state index contributed by atoms with van der Waals surface area (Å²) in [6.07, 6.45) is 0. The number of hydrogen-bond acceptors (Lipinski definition) is 3. The third-order valence-electron chi connectivity index (χ3n) is 4.00. The lowest BCUT2D eigenvalue weighted by Gasteiger charge is -1.98. The molecule has 2 aromatic heterocycles. The van der Waals surface area contributed by atoms with Crippen LogP contribution >= 0.6 is 11.6 Å². The van der Waals surface area contributed by atoms with Crippen molar-refractivity contribution in [1.29, 1.82) is 0 Å². The summed E-state index contributed by atoms with van der Waals surface area (Å²) in [7, 11) is 0. The quantitative estimate of drug-likeness (QED) is 0.539. The molecule has 7 heteroatoms. The number of benzene rings is 2. The van der Waals surface area contributed by atoms with Gasteiger partial charge in [0, 0.05) is 11.1 Å². The molecule has 0 aliphatic heterocycles. The Hall–Kier alpha value is -2.70. The molecular weight excluding hydrogens is 328 g/mol. The van der Waals surface area contributed by atoms with Gasteiger partial charge in [0.05, 0.1) is 5.69 Å². The minimum absolute atomic E-state index is 0. The molecule has 0 spiro atoms. The van der Waals surface area contributed by atoms with Gasteiger partial charge in [-0.1, -0.05) is 39.7 Å². The molecule has 0 aliphatic carbocycles. The number of hydrogen-bond donors (Lipinski definition) is 1. The van der Waals surface area contributed by atoms with Crippen molar-refractivity contribution in [1.82, 2.24) is 14.9 Å². The van der Waals surface area contributed by atoms with Gasteiger partial charge in [0.15, 0.2) is 11.2 Å². The van der Waals surface area contributed by atoms with E-state index in [-0.39, 0.29) is 11.0 Å². The summed E-state index contributed by atoms with van der Waals surface area (Å²) >= 11 is 6.19. The molecule has 4 aromatic rings. The first kappa shape index (κ1) is 16.2. The second kappa shape index (κ2) is 5.74. The van der Waals surface area contributed by atoms with Gasteiger partial charge in [0.2, 0.25) is 0 Å². The molecule has 2 heterocycles. The molecule has 0 radical (unpaired) electrons. The number of para-hydroxylation sites is 2. The number of nitrogens with one attached hydrogen (secondary N) is 1. The SMILES string of the molecule is Cc1ccc(-n2[nH][n+]3c(c(C)nc4ccccc43)c2=O)cc1Cl.[OH-]. The molecule has 6 nitrogen and oxygen atoms in total. The smallest absolute Gasteiger partial charge is 0.408 e. The summed E-state index contributed by atoms with van der Waals surface area (Å²) in [5.41, 5.74) is 4.40. The maximum absolute atomic E-state index is 12.8. The van der Waals surface area contributed by atoms with Gasteiger partial charge < -0.3 is 5.48 Å². The normalized spacial score (nSPS) is 11.0. The summed E-state index contributed by atoms with van der Waals surface area (Å²) in [4.78, 5) is 17.3. The molecular formula is C17H15ClN4O2. The van der Waals surface area contributed by atoms with Gasteiger partial charge in [-0.25, -0.2) is 9.78 Å². The predicted molar refractivity (Wildman–Crippen MR) is 91.3 cm³/mol. The first-order valence-electron chi connectivity index (χ1n) is 7.25. The summed E-state index contributed by atoms with van der Waals surface area (Å²) < 4.78 is 3.26. The number of aryl methyl sites for hydroxylation is 2. The third-order valence-corrected chi connectivity index (χ3v) is 4.40. The van der Waals surface area contributed by atoms with Crippen LogP contribution in [0.1, 0.15) is 11.3 Å². The number of rotatable bonds is 1. The van der Waals surface area contributed by atoms with Crippen LogP contribution in [0.15, 0.2) is 47.3 Å². The average molecular weight is 343 g/mol. The second-order valence-corrected chi connectivity index (χ2v) is 5.95. The molecule has 4 rings (SSSR count).